The van der Waals surface area contributed by atoms with E-state index in [0.29, 0.717) is 6.07 Å². The van der Waals surface area contributed by atoms with Crippen LogP contribution in [0.4, 0.5) is 14.5 Å². The van der Waals surface area contributed by atoms with Gasteiger partial charge in [-0.2, -0.15) is 0 Å². The Labute approximate surface area is 148 Å². The highest BCUT2D eigenvalue weighted by Gasteiger charge is 2.29. The van der Waals surface area contributed by atoms with E-state index in [2.05, 4.69) is 0 Å². The van der Waals surface area contributed by atoms with Crippen molar-refractivity contribution in [2.24, 2.45) is 0 Å². The molecule has 0 aromatic heterocycles. The average Bonchev–Trinajstić information content (AvgIpc) is 2.52. The van der Waals surface area contributed by atoms with Gasteiger partial charge in [-0.15, -0.1) is 0 Å². The summed E-state index contributed by atoms with van der Waals surface area (Å²) in [6.45, 7) is 1.42. The molecule has 0 atom stereocenters. The molecule has 130 valence electrons. The maximum atomic E-state index is 14.0. The zero-order chi connectivity index (χ0) is 18.1. The van der Waals surface area contributed by atoms with Crippen LogP contribution in [0.25, 0.3) is 0 Å². The van der Waals surface area contributed by atoms with E-state index >= 15 is 0 Å². The van der Waals surface area contributed by atoms with E-state index in [1.54, 1.807) is 0 Å². The van der Waals surface area contributed by atoms with Crippen LogP contribution in [0.1, 0.15) is 6.92 Å². The lowest BCUT2D eigenvalue weighted by molar-refractivity contribution is 0.414. The molecule has 4 nitrogen and oxygen atoms in total. The van der Waals surface area contributed by atoms with E-state index < -0.39 is 21.7 Å². The highest BCUT2D eigenvalue weighted by molar-refractivity contribution is 7.93. The minimum Gasteiger partial charge on any atom is -0.495 e. The van der Waals surface area contributed by atoms with Crippen molar-refractivity contribution in [3.63, 3.8) is 0 Å². The van der Waals surface area contributed by atoms with Crippen LogP contribution in [-0.2, 0) is 10.0 Å². The summed E-state index contributed by atoms with van der Waals surface area (Å²) < 4.78 is 58.5. The molecule has 0 radical (unpaired) electrons. The summed E-state index contributed by atoms with van der Waals surface area (Å²) >= 11 is 12.0. The standard InChI is InChI=1S/C15H13Cl2F2NO3S/c1-3-20(11-5-4-9(18)8-10(11)19)24(21,22)13-7-6-12(23-2)14(16)15(13)17/h4-8H,3H2,1-2H3. The number of methoxy groups -OCH3 is 1. The van der Waals surface area contributed by atoms with Crippen molar-refractivity contribution in [2.45, 2.75) is 11.8 Å². The Kier molecular flexibility index (Phi) is 5.57. The quantitative estimate of drug-likeness (QED) is 0.748. The predicted molar refractivity (Wildman–Crippen MR) is 89.6 cm³/mol. The second-order valence-electron chi connectivity index (χ2n) is 4.66. The highest BCUT2D eigenvalue weighted by atomic mass is 35.5. The summed E-state index contributed by atoms with van der Waals surface area (Å²) in [5.74, 6) is -1.61. The van der Waals surface area contributed by atoms with Gasteiger partial charge in [0.05, 0.1) is 17.8 Å². The van der Waals surface area contributed by atoms with E-state index in [4.69, 9.17) is 27.9 Å². The lowest BCUT2D eigenvalue weighted by atomic mass is 10.3. The number of hydrogen-bond acceptors (Lipinski definition) is 3. The Morgan fingerprint density at radius 3 is 2.33 bits per heavy atom. The predicted octanol–water partition coefficient (Wildman–Crippen LogP) is 4.50. The normalized spacial score (nSPS) is 11.4. The monoisotopic (exact) mass is 395 g/mol. The summed E-state index contributed by atoms with van der Waals surface area (Å²) in [5, 5.41) is -0.312. The number of anilines is 1. The molecular weight excluding hydrogens is 383 g/mol. The molecule has 0 aliphatic rings. The molecule has 0 aliphatic heterocycles. The van der Waals surface area contributed by atoms with Crippen molar-refractivity contribution in [1.82, 2.24) is 0 Å². The lowest BCUT2D eigenvalue weighted by Crippen LogP contribution is -2.31. The van der Waals surface area contributed by atoms with Crippen LogP contribution in [0.5, 0.6) is 5.75 Å². The van der Waals surface area contributed by atoms with Crippen LogP contribution in [0, 0.1) is 11.6 Å². The van der Waals surface area contributed by atoms with Gasteiger partial charge in [-0.05, 0) is 31.2 Å². The van der Waals surface area contributed by atoms with E-state index in [9.17, 15) is 17.2 Å². The first-order valence-electron chi connectivity index (χ1n) is 6.73. The van der Waals surface area contributed by atoms with Crippen LogP contribution in [0.2, 0.25) is 10.0 Å². The minimum absolute atomic E-state index is 0.0733. The van der Waals surface area contributed by atoms with Gasteiger partial charge in [0.2, 0.25) is 0 Å². The third-order valence-corrected chi connectivity index (χ3v) is 6.17. The second kappa shape index (κ2) is 7.13. The molecular formula is C15H13Cl2F2NO3S. The van der Waals surface area contributed by atoms with Gasteiger partial charge in [0.1, 0.15) is 27.3 Å². The summed E-state index contributed by atoms with van der Waals surface area (Å²) in [5.41, 5.74) is -0.290. The fourth-order valence-electron chi connectivity index (χ4n) is 2.14. The Morgan fingerprint density at radius 1 is 1.12 bits per heavy atom. The van der Waals surface area contributed by atoms with E-state index in [1.165, 1.54) is 26.2 Å². The summed E-state index contributed by atoms with van der Waals surface area (Å²) in [4.78, 5) is -0.305. The van der Waals surface area contributed by atoms with Gasteiger partial charge in [-0.1, -0.05) is 23.2 Å². The van der Waals surface area contributed by atoms with Gasteiger partial charge in [0, 0.05) is 12.6 Å². The SMILES string of the molecule is CCN(c1ccc(F)cc1F)S(=O)(=O)c1ccc(OC)c(Cl)c1Cl. The highest BCUT2D eigenvalue weighted by Crippen LogP contribution is 2.38. The molecule has 2 rings (SSSR count). The number of ether oxygens (including phenoxy) is 1. The molecule has 9 heteroatoms. The van der Waals surface area contributed by atoms with Crippen LogP contribution < -0.4 is 9.04 Å². The average molecular weight is 396 g/mol. The zero-order valence-corrected chi connectivity index (χ0v) is 15.0. The van der Waals surface area contributed by atoms with E-state index in [-0.39, 0.29) is 32.9 Å². The van der Waals surface area contributed by atoms with Crippen LogP contribution in [0.15, 0.2) is 35.2 Å². The Bertz CT molecular complexity index is 875. The third kappa shape index (κ3) is 3.29. The Hall–Kier alpha value is -1.57. The topological polar surface area (TPSA) is 46.6 Å². The number of rotatable bonds is 5. The summed E-state index contributed by atoms with van der Waals surface area (Å²) in [7, 11) is -2.86. The van der Waals surface area contributed by atoms with Gasteiger partial charge in [0.25, 0.3) is 10.0 Å². The molecule has 0 spiro atoms. The van der Waals surface area contributed by atoms with E-state index in [1.807, 2.05) is 0 Å². The van der Waals surface area contributed by atoms with Gasteiger partial charge in [-0.25, -0.2) is 17.2 Å². The summed E-state index contributed by atoms with van der Waals surface area (Å²) in [6, 6.07) is 5.18. The van der Waals surface area contributed by atoms with E-state index in [0.717, 1.165) is 16.4 Å². The number of halogens is 4. The van der Waals surface area contributed by atoms with Crippen molar-refractivity contribution < 1.29 is 21.9 Å². The molecule has 0 aliphatic carbocycles. The van der Waals surface area contributed by atoms with Crippen molar-refractivity contribution >= 4 is 38.9 Å². The molecule has 0 bridgehead atoms. The van der Waals surface area contributed by atoms with Crippen molar-refractivity contribution in [3.8, 4) is 5.75 Å². The largest absolute Gasteiger partial charge is 0.495 e. The van der Waals surface area contributed by atoms with Gasteiger partial charge in [-0.3, -0.25) is 4.31 Å². The Balaban J connectivity index is 2.61. The fraction of sp³-hybridized carbons (Fsp3) is 0.200. The van der Waals surface area contributed by atoms with Crippen molar-refractivity contribution in [3.05, 3.63) is 52.0 Å². The lowest BCUT2D eigenvalue weighted by Gasteiger charge is -2.24. The van der Waals surface area contributed by atoms with Gasteiger partial charge >= 0.3 is 0 Å². The molecule has 0 saturated heterocycles. The van der Waals surface area contributed by atoms with Crippen molar-refractivity contribution in [2.75, 3.05) is 18.0 Å². The first-order chi connectivity index (χ1) is 11.2. The fourth-order valence-corrected chi connectivity index (χ4v) is 4.44. The minimum atomic E-state index is -4.22. The first-order valence-corrected chi connectivity index (χ1v) is 8.93. The summed E-state index contributed by atoms with van der Waals surface area (Å²) in [6.07, 6.45) is 0. The number of hydrogen-bond donors (Lipinski definition) is 0. The maximum Gasteiger partial charge on any atom is 0.265 e. The number of sulfonamides is 1. The van der Waals surface area contributed by atoms with Crippen molar-refractivity contribution in [1.29, 1.82) is 0 Å². The van der Waals surface area contributed by atoms with Crippen LogP contribution in [-0.4, -0.2) is 22.1 Å². The molecule has 0 unspecified atom stereocenters. The smallest absolute Gasteiger partial charge is 0.265 e. The molecule has 24 heavy (non-hydrogen) atoms. The first kappa shape index (κ1) is 18.8. The third-order valence-electron chi connectivity index (χ3n) is 3.27. The Morgan fingerprint density at radius 2 is 1.79 bits per heavy atom. The molecule has 2 aromatic rings. The maximum absolute atomic E-state index is 14.0. The molecule has 0 N–H and O–H groups in total. The van der Waals surface area contributed by atoms with Gasteiger partial charge in [0.15, 0.2) is 0 Å². The number of benzene rings is 2. The molecule has 2 aromatic carbocycles. The molecule has 0 saturated carbocycles. The van der Waals surface area contributed by atoms with Crippen LogP contribution in [0.3, 0.4) is 0 Å². The van der Waals surface area contributed by atoms with Gasteiger partial charge < -0.3 is 4.74 Å². The molecule has 0 amide bonds. The van der Waals surface area contributed by atoms with Crippen LogP contribution >= 0.6 is 23.2 Å². The second-order valence-corrected chi connectivity index (χ2v) is 7.25. The molecule has 0 heterocycles. The molecule has 0 fully saturated rings. The number of nitrogens with zero attached hydrogens (tertiary/aromatic N) is 1. The zero-order valence-electron chi connectivity index (χ0n) is 12.7.